The van der Waals surface area contributed by atoms with Gasteiger partial charge in [0.1, 0.15) is 30.5 Å². The van der Waals surface area contributed by atoms with Gasteiger partial charge in [-0.3, -0.25) is 4.79 Å². The van der Waals surface area contributed by atoms with Crippen LogP contribution in [0.4, 0.5) is 4.39 Å². The summed E-state index contributed by atoms with van der Waals surface area (Å²) in [5.41, 5.74) is 4.32. The van der Waals surface area contributed by atoms with E-state index in [-0.39, 0.29) is 44.4 Å². The summed E-state index contributed by atoms with van der Waals surface area (Å²) >= 11 is 0. The summed E-state index contributed by atoms with van der Waals surface area (Å²) in [5.74, 6) is 1.68. The van der Waals surface area contributed by atoms with E-state index in [4.69, 9.17) is 18.9 Å². The molecule has 0 aliphatic carbocycles. The Balaban J connectivity index is 1.23. The number of rotatable bonds is 10. The molecule has 224 valence electrons. The van der Waals surface area contributed by atoms with Gasteiger partial charge in [-0.05, 0) is 72.4 Å². The number of halogens is 1. The summed E-state index contributed by atoms with van der Waals surface area (Å²) in [6.45, 7) is 4.54. The number of ether oxygens (including phenoxy) is 4. The number of carbonyl (C=O) groups is 1. The maximum absolute atomic E-state index is 15.2. The molecule has 1 saturated heterocycles. The minimum atomic E-state index is -3.43. The van der Waals surface area contributed by atoms with Crippen LogP contribution >= 0.6 is 0 Å². The van der Waals surface area contributed by atoms with Crippen LogP contribution in [0.25, 0.3) is 11.1 Å². The van der Waals surface area contributed by atoms with Crippen LogP contribution in [0.2, 0.25) is 0 Å². The van der Waals surface area contributed by atoms with Crippen LogP contribution < -0.4 is 14.2 Å². The Kier molecular flexibility index (Phi) is 8.48. The molecule has 3 aromatic carbocycles. The van der Waals surface area contributed by atoms with Crippen molar-refractivity contribution in [3.05, 3.63) is 76.9 Å². The number of carbonyl (C=O) groups excluding carboxylic acids is 1. The maximum Gasteiger partial charge on any atom is 0.306 e. The predicted octanol–water partition coefficient (Wildman–Crippen LogP) is 5.34. The summed E-state index contributed by atoms with van der Waals surface area (Å²) in [6.07, 6.45) is 1.49. The smallest absolute Gasteiger partial charge is 0.306 e. The number of sulfonamides is 1. The van der Waals surface area contributed by atoms with Crippen LogP contribution in [0, 0.1) is 13.8 Å². The Bertz CT molecular complexity index is 1570. The number of aryl methyl sites for hydroxylation is 2. The maximum atomic E-state index is 15.2. The van der Waals surface area contributed by atoms with E-state index in [2.05, 4.69) is 6.07 Å². The molecule has 42 heavy (non-hydrogen) atoms. The number of benzene rings is 3. The number of methoxy groups -OCH3 is 1. The third-order valence-corrected chi connectivity index (χ3v) is 9.12. The quantitative estimate of drug-likeness (QED) is 0.292. The van der Waals surface area contributed by atoms with E-state index >= 15 is 4.39 Å². The summed E-state index contributed by atoms with van der Waals surface area (Å²) < 4.78 is 62.4. The Labute approximate surface area is 246 Å². The highest BCUT2D eigenvalue weighted by Crippen LogP contribution is 2.39. The number of hydrogen-bond donors (Lipinski definition) is 0. The molecular weight excluding hydrogens is 561 g/mol. The lowest BCUT2D eigenvalue weighted by atomic mass is 9.94. The minimum Gasteiger partial charge on any atom is -0.492 e. The highest BCUT2D eigenvalue weighted by molar-refractivity contribution is 7.88. The molecule has 2 atom stereocenters. The topological polar surface area (TPSA) is 91.4 Å². The van der Waals surface area contributed by atoms with Gasteiger partial charge in [-0.1, -0.05) is 24.3 Å². The Morgan fingerprint density at radius 3 is 2.52 bits per heavy atom. The van der Waals surface area contributed by atoms with Crippen molar-refractivity contribution in [2.45, 2.75) is 44.9 Å². The first-order valence-corrected chi connectivity index (χ1v) is 15.7. The molecular formula is C32H36FNO7S. The lowest BCUT2D eigenvalue weighted by molar-refractivity contribution is -0.141. The van der Waals surface area contributed by atoms with E-state index in [1.807, 2.05) is 62.4 Å². The minimum absolute atomic E-state index is 0.0208. The summed E-state index contributed by atoms with van der Waals surface area (Å²) in [7, 11) is -2.05. The van der Waals surface area contributed by atoms with Gasteiger partial charge >= 0.3 is 5.97 Å². The van der Waals surface area contributed by atoms with Gasteiger partial charge in [0.05, 0.1) is 32.9 Å². The first-order chi connectivity index (χ1) is 19.9. The second-order valence-corrected chi connectivity index (χ2v) is 13.2. The third-order valence-electron chi connectivity index (χ3n) is 7.87. The lowest BCUT2D eigenvalue weighted by Gasteiger charge is -2.21. The lowest BCUT2D eigenvalue weighted by Crippen LogP contribution is -2.36. The largest absolute Gasteiger partial charge is 0.492 e. The van der Waals surface area contributed by atoms with Crippen LogP contribution in [0.5, 0.6) is 17.2 Å². The van der Waals surface area contributed by atoms with E-state index in [1.165, 1.54) is 7.11 Å². The zero-order valence-electron chi connectivity index (χ0n) is 24.3. The molecule has 0 spiro atoms. The molecule has 0 radical (unpaired) electrons. The molecule has 10 heteroatoms. The van der Waals surface area contributed by atoms with Gasteiger partial charge in [0.15, 0.2) is 5.67 Å². The number of alkyl halides is 1. The van der Waals surface area contributed by atoms with E-state index < -0.39 is 15.7 Å². The highest BCUT2D eigenvalue weighted by atomic mass is 32.2. The SMILES string of the molecule is COC(=O)CC1COc2cc(OCc3cccc(-c4c(C)cc(OCC5(F)CCN(S(C)(=O)=O)C5)cc4C)c3)ccc21. The second kappa shape index (κ2) is 11.9. The van der Waals surface area contributed by atoms with Crippen molar-refractivity contribution in [3.63, 3.8) is 0 Å². The van der Waals surface area contributed by atoms with Crippen LogP contribution in [-0.2, 0) is 26.2 Å². The van der Waals surface area contributed by atoms with Crippen molar-refractivity contribution in [2.75, 3.05) is 39.7 Å². The van der Waals surface area contributed by atoms with Crippen molar-refractivity contribution >= 4 is 16.0 Å². The number of esters is 1. The molecule has 3 aromatic rings. The average molecular weight is 598 g/mol. The molecule has 2 aliphatic rings. The standard InChI is InChI=1S/C32H36FNO7S/c1-21-12-27(41-20-32(33)10-11-34(19-32)42(4,36)37)13-22(2)31(21)24-7-5-6-23(14-24)17-39-26-8-9-28-25(15-30(35)38-3)18-40-29(28)16-26/h5-9,12-14,16,25H,10-11,15,17-20H2,1-4H3. The summed E-state index contributed by atoms with van der Waals surface area (Å²) in [6, 6.07) is 17.6. The zero-order valence-corrected chi connectivity index (χ0v) is 25.1. The molecule has 0 saturated carbocycles. The monoisotopic (exact) mass is 597 g/mol. The van der Waals surface area contributed by atoms with Crippen molar-refractivity contribution in [1.82, 2.24) is 4.31 Å². The summed E-state index contributed by atoms with van der Waals surface area (Å²) in [4.78, 5) is 11.7. The van der Waals surface area contributed by atoms with Gasteiger partial charge in [-0.15, -0.1) is 0 Å². The van der Waals surface area contributed by atoms with Gasteiger partial charge in [0, 0.05) is 24.1 Å². The first-order valence-electron chi connectivity index (χ1n) is 13.9. The molecule has 0 amide bonds. The van der Waals surface area contributed by atoms with E-state index in [9.17, 15) is 13.2 Å². The van der Waals surface area contributed by atoms with Crippen molar-refractivity contribution in [1.29, 1.82) is 0 Å². The normalized spacial score (nSPS) is 20.2. The predicted molar refractivity (Wildman–Crippen MR) is 157 cm³/mol. The average Bonchev–Trinajstić information content (AvgIpc) is 3.54. The van der Waals surface area contributed by atoms with Crippen LogP contribution in [-0.4, -0.2) is 64.0 Å². The van der Waals surface area contributed by atoms with Gasteiger partial charge in [0.2, 0.25) is 10.0 Å². The molecule has 5 rings (SSSR count). The van der Waals surface area contributed by atoms with Gasteiger partial charge in [-0.2, -0.15) is 4.31 Å². The highest BCUT2D eigenvalue weighted by Gasteiger charge is 2.42. The van der Waals surface area contributed by atoms with E-state index in [0.29, 0.717) is 24.7 Å². The molecule has 0 N–H and O–H groups in total. The molecule has 2 heterocycles. The molecule has 2 unspecified atom stereocenters. The molecule has 1 fully saturated rings. The Hall–Kier alpha value is -3.63. The number of fused-ring (bicyclic) bond motifs is 1. The first kappa shape index (κ1) is 29.8. The van der Waals surface area contributed by atoms with Crippen LogP contribution in [0.3, 0.4) is 0 Å². The van der Waals surface area contributed by atoms with Gasteiger partial charge < -0.3 is 18.9 Å². The molecule has 8 nitrogen and oxygen atoms in total. The summed E-state index contributed by atoms with van der Waals surface area (Å²) in [5, 5.41) is 0. The van der Waals surface area contributed by atoms with Gasteiger partial charge in [0.25, 0.3) is 0 Å². The molecule has 0 bridgehead atoms. The van der Waals surface area contributed by atoms with Crippen molar-refractivity contribution in [2.24, 2.45) is 0 Å². The zero-order chi connectivity index (χ0) is 30.1. The van der Waals surface area contributed by atoms with Crippen LogP contribution in [0.15, 0.2) is 54.6 Å². The van der Waals surface area contributed by atoms with E-state index in [1.54, 1.807) is 0 Å². The third kappa shape index (κ3) is 6.71. The van der Waals surface area contributed by atoms with Crippen LogP contribution in [0.1, 0.15) is 41.0 Å². The fourth-order valence-corrected chi connectivity index (χ4v) is 6.55. The number of hydrogen-bond acceptors (Lipinski definition) is 7. The number of nitrogens with zero attached hydrogens (tertiary/aromatic N) is 1. The Morgan fingerprint density at radius 2 is 1.83 bits per heavy atom. The Morgan fingerprint density at radius 1 is 1.07 bits per heavy atom. The van der Waals surface area contributed by atoms with Crippen molar-refractivity contribution in [3.8, 4) is 28.4 Å². The molecule has 0 aromatic heterocycles. The van der Waals surface area contributed by atoms with Crippen molar-refractivity contribution < 1.29 is 36.6 Å². The fourth-order valence-electron chi connectivity index (χ4n) is 5.66. The van der Waals surface area contributed by atoms with Gasteiger partial charge in [-0.25, -0.2) is 12.8 Å². The molecule has 2 aliphatic heterocycles. The second-order valence-electron chi connectivity index (χ2n) is 11.2. The van der Waals surface area contributed by atoms with E-state index in [0.717, 1.165) is 49.7 Å². The fraction of sp³-hybridized carbons (Fsp3) is 0.406.